The second-order valence-electron chi connectivity index (χ2n) is 6.70. The number of para-hydroxylation sites is 2. The van der Waals surface area contributed by atoms with Crippen molar-refractivity contribution in [3.63, 3.8) is 0 Å². The van der Waals surface area contributed by atoms with Crippen LogP contribution in [0.4, 0.5) is 0 Å². The molecule has 3 nitrogen and oxygen atoms in total. The van der Waals surface area contributed by atoms with Crippen molar-refractivity contribution in [2.45, 2.75) is 0 Å². The summed E-state index contributed by atoms with van der Waals surface area (Å²) in [5.74, 6) is 0. The first-order chi connectivity index (χ1) is 14.2. The van der Waals surface area contributed by atoms with Crippen LogP contribution in [0.1, 0.15) is 11.3 Å². The molecule has 5 heteroatoms. The summed E-state index contributed by atoms with van der Waals surface area (Å²) in [4.78, 5) is 9.69. The summed E-state index contributed by atoms with van der Waals surface area (Å²) in [5.41, 5.74) is 6.48. The molecule has 0 radical (unpaired) electrons. The zero-order chi connectivity index (χ0) is 19.8. The number of hydrogen-bond donors (Lipinski definition) is 0. The van der Waals surface area contributed by atoms with Crippen molar-refractivity contribution < 1.29 is 0 Å². The molecule has 0 spiro atoms. The van der Waals surface area contributed by atoms with Gasteiger partial charge in [0.2, 0.25) is 0 Å². The Morgan fingerprint density at radius 2 is 1.41 bits per heavy atom. The van der Waals surface area contributed by atoms with E-state index < -0.39 is 0 Å². The van der Waals surface area contributed by atoms with E-state index in [1.54, 1.807) is 0 Å². The van der Waals surface area contributed by atoms with Gasteiger partial charge in [0.1, 0.15) is 5.69 Å². The molecule has 29 heavy (non-hydrogen) atoms. The summed E-state index contributed by atoms with van der Waals surface area (Å²) in [6, 6.07) is 23.5. The maximum atomic E-state index is 6.06. The van der Waals surface area contributed by atoms with Crippen molar-refractivity contribution >= 4 is 52.0 Å². The summed E-state index contributed by atoms with van der Waals surface area (Å²) in [6.45, 7) is 0. The molecule has 0 aliphatic carbocycles. The fourth-order valence-electron chi connectivity index (χ4n) is 3.31. The molecular weight excluding hydrogens is 401 g/mol. The molecule has 0 aliphatic rings. The van der Waals surface area contributed by atoms with Gasteiger partial charge in [-0.3, -0.25) is 4.40 Å². The Morgan fingerprint density at radius 3 is 2.17 bits per heavy atom. The van der Waals surface area contributed by atoms with E-state index in [2.05, 4.69) is 10.5 Å². The molecule has 2 heterocycles. The lowest BCUT2D eigenvalue weighted by Gasteiger charge is -2.06. The first-order valence-electron chi connectivity index (χ1n) is 9.15. The average Bonchev–Trinajstić information content (AvgIpc) is 3.12. The number of hydrogen-bond acceptors (Lipinski definition) is 2. The Hall–Kier alpha value is -3.14. The highest BCUT2D eigenvalue weighted by molar-refractivity contribution is 6.30. The number of fused-ring (bicyclic) bond motifs is 3. The Bertz CT molecular complexity index is 1350. The van der Waals surface area contributed by atoms with E-state index >= 15 is 0 Å². The van der Waals surface area contributed by atoms with Crippen molar-refractivity contribution in [2.75, 3.05) is 0 Å². The van der Waals surface area contributed by atoms with Gasteiger partial charge in [0.05, 0.1) is 16.7 Å². The number of nitrogens with zero attached hydrogens (tertiary/aromatic N) is 3. The number of imidazole rings is 1. The third kappa shape index (κ3) is 3.51. The molecule has 0 fully saturated rings. The van der Waals surface area contributed by atoms with Gasteiger partial charge in [0.25, 0.3) is 0 Å². The molecule has 0 bridgehead atoms. The van der Waals surface area contributed by atoms with E-state index in [1.807, 2.05) is 85.1 Å². The normalized spacial score (nSPS) is 11.7. The van der Waals surface area contributed by atoms with Gasteiger partial charge in [-0.25, -0.2) is 9.97 Å². The molecule has 5 rings (SSSR count). The Labute approximate surface area is 177 Å². The molecule has 0 N–H and O–H groups in total. The van der Waals surface area contributed by atoms with Crippen LogP contribution < -0.4 is 0 Å². The number of benzene rings is 3. The van der Waals surface area contributed by atoms with E-state index in [9.17, 15) is 0 Å². The minimum Gasteiger partial charge on any atom is -0.296 e. The molecule has 2 aromatic heterocycles. The number of rotatable bonds is 3. The summed E-state index contributed by atoms with van der Waals surface area (Å²) in [5, 5.41) is 1.41. The van der Waals surface area contributed by atoms with Gasteiger partial charge >= 0.3 is 0 Å². The molecule has 0 unspecified atom stereocenters. The van der Waals surface area contributed by atoms with E-state index in [1.165, 1.54) is 0 Å². The smallest absolute Gasteiger partial charge is 0.164 e. The van der Waals surface area contributed by atoms with Crippen molar-refractivity contribution in [1.29, 1.82) is 0 Å². The highest BCUT2D eigenvalue weighted by atomic mass is 35.5. The monoisotopic (exact) mass is 415 g/mol. The summed E-state index contributed by atoms with van der Waals surface area (Å²) < 4.78 is 2.09. The second-order valence-corrected chi connectivity index (χ2v) is 7.57. The third-order valence-electron chi connectivity index (χ3n) is 4.76. The van der Waals surface area contributed by atoms with Crippen LogP contribution in [-0.4, -0.2) is 14.4 Å². The van der Waals surface area contributed by atoms with Crippen molar-refractivity contribution in [3.05, 3.63) is 100 Å². The highest BCUT2D eigenvalue weighted by Gasteiger charge is 2.11. The van der Waals surface area contributed by atoms with Gasteiger partial charge in [-0.15, -0.1) is 0 Å². The van der Waals surface area contributed by atoms with Crippen LogP contribution in [0, 0.1) is 0 Å². The van der Waals surface area contributed by atoms with E-state index in [4.69, 9.17) is 33.2 Å². The van der Waals surface area contributed by atoms with Gasteiger partial charge in [-0.2, -0.15) is 0 Å². The minimum atomic E-state index is 0.700. The molecule has 0 atom stereocenters. The first-order valence-corrected chi connectivity index (χ1v) is 9.90. The topological polar surface area (TPSA) is 30.2 Å². The Morgan fingerprint density at radius 1 is 0.724 bits per heavy atom. The largest absolute Gasteiger partial charge is 0.296 e. The summed E-state index contributed by atoms with van der Waals surface area (Å²) >= 11 is 12.1. The van der Waals surface area contributed by atoms with Crippen molar-refractivity contribution in [3.8, 4) is 11.3 Å². The average molecular weight is 416 g/mol. The van der Waals surface area contributed by atoms with Gasteiger partial charge < -0.3 is 0 Å². The zero-order valence-electron chi connectivity index (χ0n) is 15.3. The molecule has 0 amide bonds. The molecule has 0 saturated carbocycles. The fourth-order valence-corrected chi connectivity index (χ4v) is 3.56. The standard InChI is InChI=1S/C24H15Cl2N3/c25-18-10-5-16(6-11-18)7-14-21-24-28-20-3-1-2-4-23(20)29(24)15-22(27-21)17-8-12-19(26)13-9-17/h1-15H/b14-7+. The fraction of sp³-hybridized carbons (Fsp3) is 0. The van der Waals surface area contributed by atoms with E-state index in [0.717, 1.165) is 39.2 Å². The molecule has 5 aromatic rings. The predicted molar refractivity (Wildman–Crippen MR) is 121 cm³/mol. The zero-order valence-corrected chi connectivity index (χ0v) is 16.8. The highest BCUT2D eigenvalue weighted by Crippen LogP contribution is 2.26. The lowest BCUT2D eigenvalue weighted by Crippen LogP contribution is -1.96. The van der Waals surface area contributed by atoms with Gasteiger partial charge in [-0.05, 0) is 48.0 Å². The Balaban J connectivity index is 1.71. The third-order valence-corrected chi connectivity index (χ3v) is 5.26. The number of halogens is 2. The minimum absolute atomic E-state index is 0.700. The van der Waals surface area contributed by atoms with Crippen LogP contribution in [0.15, 0.2) is 79.0 Å². The SMILES string of the molecule is Clc1ccc(/C=C/c2nc(-c3ccc(Cl)cc3)cn3c2nc2ccccc23)cc1. The first kappa shape index (κ1) is 17.9. The van der Waals surface area contributed by atoms with Crippen molar-refractivity contribution in [2.24, 2.45) is 0 Å². The molecular formula is C24H15Cl2N3. The van der Waals surface area contributed by atoms with Crippen LogP contribution in [0.2, 0.25) is 10.0 Å². The van der Waals surface area contributed by atoms with Crippen LogP contribution in [0.25, 0.3) is 40.1 Å². The molecule has 3 aromatic carbocycles. The van der Waals surface area contributed by atoms with Crippen LogP contribution >= 0.6 is 23.2 Å². The van der Waals surface area contributed by atoms with Crippen LogP contribution in [0.5, 0.6) is 0 Å². The molecule has 140 valence electrons. The van der Waals surface area contributed by atoms with Crippen molar-refractivity contribution in [1.82, 2.24) is 14.4 Å². The van der Waals surface area contributed by atoms with E-state index in [-0.39, 0.29) is 0 Å². The lowest BCUT2D eigenvalue weighted by molar-refractivity contribution is 1.14. The summed E-state index contributed by atoms with van der Waals surface area (Å²) in [7, 11) is 0. The maximum Gasteiger partial charge on any atom is 0.164 e. The number of aromatic nitrogens is 3. The maximum absolute atomic E-state index is 6.06. The van der Waals surface area contributed by atoms with Gasteiger partial charge in [-0.1, -0.05) is 65.7 Å². The van der Waals surface area contributed by atoms with Crippen LogP contribution in [0.3, 0.4) is 0 Å². The molecule has 0 saturated heterocycles. The quantitative estimate of drug-likeness (QED) is 0.316. The Kier molecular flexibility index (Phi) is 4.55. The lowest BCUT2D eigenvalue weighted by atomic mass is 10.1. The molecule has 0 aliphatic heterocycles. The van der Waals surface area contributed by atoms with E-state index in [0.29, 0.717) is 10.0 Å². The van der Waals surface area contributed by atoms with Gasteiger partial charge in [0, 0.05) is 21.8 Å². The van der Waals surface area contributed by atoms with Gasteiger partial charge in [0.15, 0.2) is 5.65 Å². The second kappa shape index (κ2) is 7.36. The van der Waals surface area contributed by atoms with Crippen LogP contribution in [-0.2, 0) is 0 Å². The summed E-state index contributed by atoms with van der Waals surface area (Å²) in [6.07, 6.45) is 6.03. The predicted octanol–water partition coefficient (Wildman–Crippen LogP) is 7.03.